The minimum atomic E-state index is -0.276. The highest BCUT2D eigenvalue weighted by Crippen LogP contribution is 2.42. The Hall–Kier alpha value is -1.96. The van der Waals surface area contributed by atoms with E-state index in [2.05, 4.69) is 29.5 Å². The number of aromatic nitrogens is 3. The third-order valence-corrected chi connectivity index (χ3v) is 4.42. The molecule has 2 rings (SSSR count). The van der Waals surface area contributed by atoms with Gasteiger partial charge in [-0.2, -0.15) is 0 Å². The van der Waals surface area contributed by atoms with Crippen molar-refractivity contribution in [2.24, 2.45) is 5.41 Å². The molecular formula is C15H25N5O3. The molecule has 1 heterocycles. The molecule has 2 atom stereocenters. The highest BCUT2D eigenvalue weighted by molar-refractivity contribution is 5.92. The second kappa shape index (κ2) is 6.66. The van der Waals surface area contributed by atoms with Gasteiger partial charge in [-0.1, -0.05) is 19.1 Å². The molecule has 0 aromatic carbocycles. The topological polar surface area (TPSA) is 89.4 Å². The summed E-state index contributed by atoms with van der Waals surface area (Å²) in [5.74, 6) is -0.386. The van der Waals surface area contributed by atoms with E-state index in [4.69, 9.17) is 4.74 Å². The molecule has 128 valence electrons. The molecule has 1 fully saturated rings. The smallest absolute Gasteiger partial charge is 0.273 e. The van der Waals surface area contributed by atoms with Crippen molar-refractivity contribution < 1.29 is 14.3 Å². The van der Waals surface area contributed by atoms with Crippen molar-refractivity contribution in [2.45, 2.75) is 45.9 Å². The Kier molecular flexibility index (Phi) is 5.03. The van der Waals surface area contributed by atoms with Crippen LogP contribution in [0, 0.1) is 5.41 Å². The first-order chi connectivity index (χ1) is 10.8. The molecule has 1 aromatic heterocycles. The molecule has 1 aromatic rings. The number of rotatable bonds is 6. The molecule has 1 saturated carbocycles. The number of likely N-dealkylation sites (N-methyl/N-ethyl adjacent to an activating group) is 1. The van der Waals surface area contributed by atoms with E-state index in [0.29, 0.717) is 6.61 Å². The molecule has 2 amide bonds. The van der Waals surface area contributed by atoms with Gasteiger partial charge < -0.3 is 15.0 Å². The van der Waals surface area contributed by atoms with Gasteiger partial charge in [0.25, 0.3) is 5.91 Å². The Bertz CT molecular complexity index is 581. The summed E-state index contributed by atoms with van der Waals surface area (Å²) in [6, 6.07) is 0.0418. The third kappa shape index (κ3) is 3.69. The van der Waals surface area contributed by atoms with Crippen molar-refractivity contribution in [3.63, 3.8) is 0 Å². The summed E-state index contributed by atoms with van der Waals surface area (Å²) in [6.07, 6.45) is 2.44. The van der Waals surface area contributed by atoms with Crippen LogP contribution in [0.2, 0.25) is 0 Å². The first-order valence-electron chi connectivity index (χ1n) is 7.78. The van der Waals surface area contributed by atoms with Crippen molar-refractivity contribution in [1.29, 1.82) is 0 Å². The summed E-state index contributed by atoms with van der Waals surface area (Å²) in [4.78, 5) is 25.4. The van der Waals surface area contributed by atoms with Crippen LogP contribution < -0.4 is 5.32 Å². The van der Waals surface area contributed by atoms with E-state index in [1.54, 1.807) is 14.1 Å². The predicted molar refractivity (Wildman–Crippen MR) is 83.8 cm³/mol. The molecule has 0 radical (unpaired) electrons. The van der Waals surface area contributed by atoms with E-state index in [0.717, 1.165) is 6.42 Å². The number of ether oxygens (including phenoxy) is 1. The maximum atomic E-state index is 12.3. The fraction of sp³-hybridized carbons (Fsp3) is 0.733. The zero-order valence-electron chi connectivity index (χ0n) is 14.4. The number of carbonyl (C=O) groups is 2. The van der Waals surface area contributed by atoms with E-state index < -0.39 is 0 Å². The molecule has 0 spiro atoms. The van der Waals surface area contributed by atoms with Gasteiger partial charge in [0, 0.05) is 32.2 Å². The minimum absolute atomic E-state index is 0.0418. The Morgan fingerprint density at radius 2 is 2.17 bits per heavy atom. The summed E-state index contributed by atoms with van der Waals surface area (Å²) < 4.78 is 7.02. The molecule has 0 unspecified atom stereocenters. The normalized spacial score (nSPS) is 22.3. The number of nitrogens with zero attached hydrogens (tertiary/aromatic N) is 4. The Labute approximate surface area is 136 Å². The molecule has 23 heavy (non-hydrogen) atoms. The average molecular weight is 323 g/mol. The molecule has 0 saturated heterocycles. The zero-order valence-corrected chi connectivity index (χ0v) is 14.4. The molecule has 8 nitrogen and oxygen atoms in total. The highest BCUT2D eigenvalue weighted by atomic mass is 16.5. The van der Waals surface area contributed by atoms with Crippen molar-refractivity contribution in [3.8, 4) is 0 Å². The van der Waals surface area contributed by atoms with Crippen molar-refractivity contribution >= 4 is 11.8 Å². The Morgan fingerprint density at radius 1 is 1.48 bits per heavy atom. The number of hydrogen-bond acceptors (Lipinski definition) is 5. The second-order valence-corrected chi connectivity index (χ2v) is 6.62. The lowest BCUT2D eigenvalue weighted by Gasteiger charge is -2.51. The van der Waals surface area contributed by atoms with Gasteiger partial charge in [-0.3, -0.25) is 9.59 Å². The molecule has 0 aliphatic heterocycles. The Balaban J connectivity index is 1.92. The summed E-state index contributed by atoms with van der Waals surface area (Å²) >= 11 is 0. The van der Waals surface area contributed by atoms with E-state index >= 15 is 0 Å². The molecular weight excluding hydrogens is 298 g/mol. The van der Waals surface area contributed by atoms with Crippen LogP contribution in [0.15, 0.2) is 6.20 Å². The van der Waals surface area contributed by atoms with Crippen molar-refractivity contribution in [2.75, 3.05) is 20.7 Å². The van der Waals surface area contributed by atoms with E-state index in [1.165, 1.54) is 15.8 Å². The first-order valence-corrected chi connectivity index (χ1v) is 7.78. The lowest BCUT2D eigenvalue weighted by molar-refractivity contribution is -0.129. The van der Waals surface area contributed by atoms with Crippen LogP contribution in [0.1, 0.15) is 37.7 Å². The Morgan fingerprint density at radius 3 is 2.74 bits per heavy atom. The molecule has 8 heteroatoms. The summed E-state index contributed by atoms with van der Waals surface area (Å²) in [6.45, 7) is 6.86. The fourth-order valence-electron chi connectivity index (χ4n) is 2.61. The van der Waals surface area contributed by atoms with E-state index in [9.17, 15) is 9.59 Å². The zero-order chi connectivity index (χ0) is 17.2. The summed E-state index contributed by atoms with van der Waals surface area (Å²) in [5, 5.41) is 10.6. The van der Waals surface area contributed by atoms with Crippen LogP contribution in [0.25, 0.3) is 0 Å². The van der Waals surface area contributed by atoms with Gasteiger partial charge in [0.15, 0.2) is 5.69 Å². The molecule has 1 N–H and O–H groups in total. The van der Waals surface area contributed by atoms with Gasteiger partial charge in [-0.05, 0) is 13.3 Å². The van der Waals surface area contributed by atoms with Gasteiger partial charge in [-0.25, -0.2) is 4.68 Å². The molecule has 0 bridgehead atoms. The van der Waals surface area contributed by atoms with E-state index in [-0.39, 0.29) is 41.6 Å². The number of nitrogens with one attached hydrogen (secondary N) is 1. The summed E-state index contributed by atoms with van der Waals surface area (Å²) in [7, 11) is 3.33. The lowest BCUT2D eigenvalue weighted by atomic mass is 9.64. The molecule has 1 aliphatic rings. The average Bonchev–Trinajstić information content (AvgIpc) is 2.94. The van der Waals surface area contributed by atoms with Gasteiger partial charge in [0.1, 0.15) is 6.54 Å². The van der Waals surface area contributed by atoms with E-state index in [1.807, 2.05) is 6.92 Å². The van der Waals surface area contributed by atoms with Crippen molar-refractivity contribution in [3.05, 3.63) is 11.9 Å². The van der Waals surface area contributed by atoms with Crippen molar-refractivity contribution in [1.82, 2.24) is 25.2 Å². The number of hydrogen-bond donors (Lipinski definition) is 1. The van der Waals surface area contributed by atoms with Gasteiger partial charge in [0.05, 0.1) is 12.3 Å². The maximum Gasteiger partial charge on any atom is 0.273 e. The fourth-order valence-corrected chi connectivity index (χ4v) is 2.61. The monoisotopic (exact) mass is 323 g/mol. The number of carbonyl (C=O) groups excluding carboxylic acids is 2. The van der Waals surface area contributed by atoms with Gasteiger partial charge in [-0.15, -0.1) is 5.10 Å². The van der Waals surface area contributed by atoms with Gasteiger partial charge >= 0.3 is 0 Å². The second-order valence-electron chi connectivity index (χ2n) is 6.62. The lowest BCUT2D eigenvalue weighted by Crippen LogP contribution is -2.62. The maximum absolute atomic E-state index is 12.3. The summed E-state index contributed by atoms with van der Waals surface area (Å²) in [5.41, 5.74) is 0.106. The third-order valence-electron chi connectivity index (χ3n) is 4.42. The van der Waals surface area contributed by atoms with Crippen LogP contribution >= 0.6 is 0 Å². The standard InChI is InChI=1S/C15H25N5O3/c1-6-23-12-7-11(15(12,2)3)16-14(22)10-8-20(18-17-10)9-13(21)19(4)5/h8,11-12H,6-7,9H2,1-5H3,(H,16,22)/t11-,12-/m0/s1. The van der Waals surface area contributed by atoms with Gasteiger partial charge in [0.2, 0.25) is 5.91 Å². The largest absolute Gasteiger partial charge is 0.378 e. The first kappa shape index (κ1) is 17.4. The predicted octanol–water partition coefficient (Wildman–Crippen LogP) is 0.300. The number of amides is 2. The minimum Gasteiger partial charge on any atom is -0.378 e. The van der Waals surface area contributed by atoms with Crippen LogP contribution in [0.4, 0.5) is 0 Å². The van der Waals surface area contributed by atoms with Crippen LogP contribution in [0.3, 0.4) is 0 Å². The molecule has 1 aliphatic carbocycles. The highest BCUT2D eigenvalue weighted by Gasteiger charge is 2.49. The SMILES string of the molecule is CCO[C@H]1C[C@H](NC(=O)c2cn(CC(=O)N(C)C)nn2)C1(C)C. The quantitative estimate of drug-likeness (QED) is 0.813. The van der Waals surface area contributed by atoms with Crippen LogP contribution in [-0.4, -0.2) is 64.6 Å². The van der Waals surface area contributed by atoms with Crippen LogP contribution in [-0.2, 0) is 16.1 Å². The van der Waals surface area contributed by atoms with Crippen LogP contribution in [0.5, 0.6) is 0 Å².